The fourth-order valence-corrected chi connectivity index (χ4v) is 4.75. The fourth-order valence-electron chi connectivity index (χ4n) is 3.67. The first-order valence-electron chi connectivity index (χ1n) is 9.30. The van der Waals surface area contributed by atoms with E-state index in [9.17, 15) is 4.79 Å². The Morgan fingerprint density at radius 2 is 2.17 bits per heavy atom. The maximum absolute atomic E-state index is 13.4. The quantitative estimate of drug-likeness (QED) is 0.460. The van der Waals surface area contributed by atoms with Gasteiger partial charge in [0, 0.05) is 24.9 Å². The molecule has 5 aromatic rings. The summed E-state index contributed by atoms with van der Waals surface area (Å²) < 4.78 is 6.67. The van der Waals surface area contributed by atoms with Crippen molar-refractivity contribution < 1.29 is 9.21 Å². The van der Waals surface area contributed by atoms with Crippen LogP contribution in [-0.4, -0.2) is 52.7 Å². The average Bonchev–Trinajstić information content (AvgIpc) is 3.56. The van der Waals surface area contributed by atoms with Gasteiger partial charge in [-0.2, -0.15) is 5.10 Å². The first kappa shape index (κ1) is 17.0. The molecule has 148 valence electrons. The van der Waals surface area contributed by atoms with Crippen molar-refractivity contribution in [1.82, 2.24) is 40.2 Å². The van der Waals surface area contributed by atoms with E-state index in [0.717, 1.165) is 26.6 Å². The molecular weight excluding hydrogens is 404 g/mol. The lowest BCUT2D eigenvalue weighted by Gasteiger charge is -2.32. The molecule has 2 N–H and O–H groups in total. The van der Waals surface area contributed by atoms with Crippen LogP contribution in [0.15, 0.2) is 47.3 Å². The number of thiazole rings is 1. The van der Waals surface area contributed by atoms with Crippen molar-refractivity contribution in [3.8, 4) is 11.6 Å². The summed E-state index contributed by atoms with van der Waals surface area (Å²) in [5.41, 5.74) is 3.18. The number of fused-ring (bicyclic) bond motifs is 2. The van der Waals surface area contributed by atoms with Crippen LogP contribution < -0.4 is 0 Å². The van der Waals surface area contributed by atoms with Crippen molar-refractivity contribution in [3.05, 3.63) is 65.1 Å². The summed E-state index contributed by atoms with van der Waals surface area (Å²) >= 11 is 1.55. The van der Waals surface area contributed by atoms with Gasteiger partial charge in [-0.15, -0.1) is 21.5 Å². The van der Waals surface area contributed by atoms with Gasteiger partial charge in [-0.3, -0.25) is 9.89 Å². The second-order valence-electron chi connectivity index (χ2n) is 6.81. The van der Waals surface area contributed by atoms with Gasteiger partial charge >= 0.3 is 11.8 Å². The topological polar surface area (TPSA) is 129 Å². The van der Waals surface area contributed by atoms with Gasteiger partial charge < -0.3 is 14.3 Å². The minimum atomic E-state index is -0.425. The highest BCUT2D eigenvalue weighted by atomic mass is 32.1. The lowest BCUT2D eigenvalue weighted by Crippen LogP contribution is -2.40. The number of nitrogens with one attached hydrogen (secondary N) is 2. The molecule has 4 aromatic heterocycles. The van der Waals surface area contributed by atoms with E-state index in [0.29, 0.717) is 18.7 Å². The predicted molar refractivity (Wildman–Crippen MR) is 107 cm³/mol. The molecule has 0 unspecified atom stereocenters. The maximum atomic E-state index is 13.4. The van der Waals surface area contributed by atoms with E-state index in [4.69, 9.17) is 9.40 Å². The Bertz CT molecular complexity index is 1320. The van der Waals surface area contributed by atoms with E-state index in [1.165, 1.54) is 0 Å². The Morgan fingerprint density at radius 3 is 3.03 bits per heavy atom. The zero-order valence-corrected chi connectivity index (χ0v) is 16.3. The number of aromatic nitrogens is 7. The van der Waals surface area contributed by atoms with Crippen molar-refractivity contribution in [2.45, 2.75) is 12.5 Å². The van der Waals surface area contributed by atoms with Crippen LogP contribution in [0.1, 0.15) is 33.1 Å². The van der Waals surface area contributed by atoms with Crippen molar-refractivity contribution in [2.24, 2.45) is 0 Å². The molecular formula is C19H14N8O2S. The van der Waals surface area contributed by atoms with Gasteiger partial charge in [0.15, 0.2) is 0 Å². The van der Waals surface area contributed by atoms with Gasteiger partial charge in [-0.25, -0.2) is 9.97 Å². The van der Waals surface area contributed by atoms with Gasteiger partial charge in [0.2, 0.25) is 0 Å². The van der Waals surface area contributed by atoms with Crippen LogP contribution >= 0.6 is 11.3 Å². The first-order chi connectivity index (χ1) is 14.8. The zero-order chi connectivity index (χ0) is 20.1. The third kappa shape index (κ3) is 2.63. The molecule has 11 heteroatoms. The molecule has 0 bridgehead atoms. The van der Waals surface area contributed by atoms with Crippen LogP contribution in [0.4, 0.5) is 0 Å². The van der Waals surface area contributed by atoms with Crippen LogP contribution in [-0.2, 0) is 6.42 Å². The minimum Gasteiger partial charge on any atom is -0.411 e. The van der Waals surface area contributed by atoms with E-state index >= 15 is 0 Å². The highest BCUT2D eigenvalue weighted by molar-refractivity contribution is 7.18. The van der Waals surface area contributed by atoms with Gasteiger partial charge in [-0.1, -0.05) is 12.1 Å². The number of aromatic amines is 2. The van der Waals surface area contributed by atoms with Gasteiger partial charge in [0.1, 0.15) is 16.7 Å². The predicted octanol–water partition coefficient (Wildman–Crippen LogP) is 2.58. The monoisotopic (exact) mass is 418 g/mol. The fraction of sp³-hybridized carbons (Fsp3) is 0.158. The van der Waals surface area contributed by atoms with Crippen molar-refractivity contribution in [2.75, 3.05) is 6.54 Å². The number of H-pyrrole nitrogens is 2. The molecule has 1 atom stereocenters. The number of imidazole rings is 1. The van der Waals surface area contributed by atoms with Crippen LogP contribution in [0.25, 0.3) is 21.8 Å². The van der Waals surface area contributed by atoms with E-state index in [1.54, 1.807) is 34.8 Å². The Kier molecular flexibility index (Phi) is 3.74. The molecule has 0 spiro atoms. The molecule has 6 rings (SSSR count). The number of carbonyl (C=O) groups is 1. The Balaban J connectivity index is 1.41. The first-order valence-corrected chi connectivity index (χ1v) is 10.1. The maximum Gasteiger partial charge on any atom is 0.312 e. The van der Waals surface area contributed by atoms with E-state index in [1.807, 2.05) is 24.3 Å². The minimum absolute atomic E-state index is 0.0851. The molecule has 0 radical (unpaired) electrons. The summed E-state index contributed by atoms with van der Waals surface area (Å²) in [7, 11) is 0. The number of benzene rings is 1. The summed E-state index contributed by atoms with van der Waals surface area (Å²) in [6, 6.07) is 9.18. The second kappa shape index (κ2) is 6.59. The van der Waals surface area contributed by atoms with E-state index in [-0.39, 0.29) is 17.7 Å². The third-order valence-electron chi connectivity index (χ3n) is 5.06. The lowest BCUT2D eigenvalue weighted by atomic mass is 10.0. The third-order valence-corrected chi connectivity index (χ3v) is 6.15. The number of para-hydroxylation sites is 1. The number of hydrogen-bond acceptors (Lipinski definition) is 8. The molecule has 1 aliphatic heterocycles. The molecule has 10 nitrogen and oxygen atoms in total. The molecule has 30 heavy (non-hydrogen) atoms. The molecule has 1 aromatic carbocycles. The Hall–Kier alpha value is -3.86. The van der Waals surface area contributed by atoms with Crippen molar-refractivity contribution >= 4 is 27.5 Å². The van der Waals surface area contributed by atoms with Crippen LogP contribution in [0.2, 0.25) is 0 Å². The van der Waals surface area contributed by atoms with Gasteiger partial charge in [0.25, 0.3) is 5.89 Å². The smallest absolute Gasteiger partial charge is 0.312 e. The summed E-state index contributed by atoms with van der Waals surface area (Å²) in [6.45, 7) is 0.481. The van der Waals surface area contributed by atoms with E-state index in [2.05, 4.69) is 30.4 Å². The zero-order valence-electron chi connectivity index (χ0n) is 15.4. The van der Waals surface area contributed by atoms with Crippen LogP contribution in [0.5, 0.6) is 0 Å². The number of carbonyl (C=O) groups excluding carboxylic acids is 1. The lowest BCUT2D eigenvalue weighted by molar-refractivity contribution is 0.0650. The summed E-state index contributed by atoms with van der Waals surface area (Å²) in [5, 5.41) is 15.4. The molecule has 0 aliphatic carbocycles. The standard InChI is InChI=1S/C19H14N8O2S/c28-19(17-26-25-16(29-17)12-5-7-22-24-12)27-8-6-11-14(21-9-20-11)15(27)18-23-10-3-1-2-4-13(10)30-18/h1-5,7,9,15H,6,8H2,(H,20,21)(H,22,24)/t15-/m0/s1. The van der Waals surface area contributed by atoms with Crippen molar-refractivity contribution in [1.29, 1.82) is 0 Å². The largest absolute Gasteiger partial charge is 0.411 e. The highest BCUT2D eigenvalue weighted by Crippen LogP contribution is 2.38. The summed E-state index contributed by atoms with van der Waals surface area (Å²) in [4.78, 5) is 27.5. The molecule has 0 fully saturated rings. The Labute approximate surface area is 173 Å². The van der Waals surface area contributed by atoms with Gasteiger partial charge in [-0.05, 0) is 18.2 Å². The normalized spacial score (nSPS) is 16.1. The summed E-state index contributed by atoms with van der Waals surface area (Å²) in [5.74, 6) is -0.256. The number of amides is 1. The van der Waals surface area contributed by atoms with Crippen LogP contribution in [0, 0.1) is 0 Å². The number of nitrogens with zero attached hydrogens (tertiary/aromatic N) is 6. The SMILES string of the molecule is O=C(c1nnc(-c2cc[nH]n2)o1)N1CCc2[nH]cnc2[C@H]1c1nc2ccccc2s1. The number of hydrogen-bond donors (Lipinski definition) is 2. The van der Waals surface area contributed by atoms with E-state index < -0.39 is 6.04 Å². The van der Waals surface area contributed by atoms with Crippen molar-refractivity contribution in [3.63, 3.8) is 0 Å². The number of rotatable bonds is 3. The van der Waals surface area contributed by atoms with Crippen LogP contribution in [0.3, 0.4) is 0 Å². The molecule has 0 saturated carbocycles. The Morgan fingerprint density at radius 1 is 1.23 bits per heavy atom. The highest BCUT2D eigenvalue weighted by Gasteiger charge is 2.38. The molecule has 0 saturated heterocycles. The van der Waals surface area contributed by atoms with Gasteiger partial charge in [0.05, 0.1) is 22.2 Å². The average molecular weight is 418 g/mol. The molecule has 5 heterocycles. The molecule has 1 amide bonds. The molecule has 1 aliphatic rings. The summed E-state index contributed by atoms with van der Waals surface area (Å²) in [6.07, 6.45) is 3.96. The second-order valence-corrected chi connectivity index (χ2v) is 7.87.